The Labute approximate surface area is 85.8 Å². The van der Waals surface area contributed by atoms with Crippen molar-refractivity contribution in [3.05, 3.63) is 33.7 Å². The van der Waals surface area contributed by atoms with E-state index in [0.29, 0.717) is 12.1 Å². The van der Waals surface area contributed by atoms with Gasteiger partial charge in [0.15, 0.2) is 0 Å². The Balaban J connectivity index is 3.04. The van der Waals surface area contributed by atoms with E-state index in [1.807, 2.05) is 0 Å². The second-order valence-corrected chi connectivity index (χ2v) is 3.13. The summed E-state index contributed by atoms with van der Waals surface area (Å²) < 4.78 is 0. The number of carbonyl (C=O) groups excluding carboxylic acids is 1. The lowest BCUT2D eigenvalue weighted by atomic mass is 10.1. The summed E-state index contributed by atoms with van der Waals surface area (Å²) in [6.45, 7) is 1.71. The number of H-pyrrole nitrogens is 1. The van der Waals surface area contributed by atoms with Crippen molar-refractivity contribution in [2.75, 3.05) is 0 Å². The molecule has 80 valence electrons. The Morgan fingerprint density at radius 1 is 1.40 bits per heavy atom. The Kier molecular flexibility index (Phi) is 3.38. The van der Waals surface area contributed by atoms with Crippen molar-refractivity contribution < 1.29 is 14.7 Å². The molecule has 0 radical (unpaired) electrons. The summed E-state index contributed by atoms with van der Waals surface area (Å²) in [5.41, 5.74) is -0.266. The van der Waals surface area contributed by atoms with Crippen molar-refractivity contribution in [2.45, 2.75) is 19.8 Å². The molecule has 1 rings (SSSR count). The summed E-state index contributed by atoms with van der Waals surface area (Å²) in [6.07, 6.45) is 0.423. The fourth-order valence-electron chi connectivity index (χ4n) is 1.16. The van der Waals surface area contributed by atoms with Gasteiger partial charge in [-0.05, 0) is 6.07 Å². The molecule has 0 spiro atoms. The Morgan fingerprint density at radius 3 is 2.60 bits per heavy atom. The molecular weight excluding hydrogens is 198 g/mol. The van der Waals surface area contributed by atoms with Gasteiger partial charge in [0.05, 0.1) is 5.56 Å². The quantitative estimate of drug-likeness (QED) is 0.759. The van der Waals surface area contributed by atoms with Gasteiger partial charge in [0.1, 0.15) is 5.78 Å². The van der Waals surface area contributed by atoms with E-state index in [9.17, 15) is 14.4 Å². The molecule has 0 atom stereocenters. The van der Waals surface area contributed by atoms with E-state index in [0.717, 1.165) is 6.07 Å². The number of aromatic nitrogens is 1. The average Bonchev–Trinajstić information content (AvgIpc) is 2.16. The minimum Gasteiger partial charge on any atom is -0.478 e. The molecular formula is C10H11NO4. The lowest BCUT2D eigenvalue weighted by Gasteiger charge is -2.00. The molecule has 1 aromatic heterocycles. The minimum atomic E-state index is -1.17. The fourth-order valence-corrected chi connectivity index (χ4v) is 1.16. The van der Waals surface area contributed by atoms with Gasteiger partial charge in [-0.25, -0.2) is 4.79 Å². The maximum Gasteiger partial charge on any atom is 0.335 e. The zero-order valence-corrected chi connectivity index (χ0v) is 8.24. The minimum absolute atomic E-state index is 0.0480. The van der Waals surface area contributed by atoms with E-state index < -0.39 is 11.5 Å². The normalized spacial score (nSPS) is 9.93. The lowest BCUT2D eigenvalue weighted by Crippen LogP contribution is -2.14. The fraction of sp³-hybridized carbons (Fsp3) is 0.300. The second kappa shape index (κ2) is 4.54. The van der Waals surface area contributed by atoms with Crippen molar-refractivity contribution in [2.24, 2.45) is 0 Å². The third-order valence-electron chi connectivity index (χ3n) is 1.93. The number of rotatable bonds is 4. The van der Waals surface area contributed by atoms with Gasteiger partial charge in [0.2, 0.25) is 5.56 Å². The van der Waals surface area contributed by atoms with Crippen LogP contribution in [0.5, 0.6) is 0 Å². The molecule has 15 heavy (non-hydrogen) atoms. The molecule has 2 N–H and O–H groups in total. The van der Waals surface area contributed by atoms with Crippen molar-refractivity contribution in [3.8, 4) is 0 Å². The van der Waals surface area contributed by atoms with Crippen molar-refractivity contribution >= 4 is 11.8 Å². The first-order chi connectivity index (χ1) is 7.02. The summed E-state index contributed by atoms with van der Waals surface area (Å²) in [5.74, 6) is -1.22. The molecule has 5 nitrogen and oxygen atoms in total. The highest BCUT2D eigenvalue weighted by Crippen LogP contribution is 2.01. The standard InChI is InChI=1S/C10H11NO4/c1-2-8(12)5-7-3-6(10(14)15)4-9(13)11-7/h3-4H,2,5H2,1H3,(H,11,13)(H,14,15). The van der Waals surface area contributed by atoms with Crippen LogP contribution in [0.1, 0.15) is 29.4 Å². The molecule has 0 fully saturated rings. The third kappa shape index (κ3) is 3.05. The van der Waals surface area contributed by atoms with E-state index in [1.165, 1.54) is 6.07 Å². The highest BCUT2D eigenvalue weighted by atomic mass is 16.4. The molecule has 0 amide bonds. The van der Waals surface area contributed by atoms with Crippen LogP contribution in [0, 0.1) is 0 Å². The van der Waals surface area contributed by atoms with Gasteiger partial charge < -0.3 is 10.1 Å². The summed E-state index contributed by atoms with van der Waals surface area (Å²) in [4.78, 5) is 35.2. The van der Waals surface area contributed by atoms with Crippen LogP contribution in [0.25, 0.3) is 0 Å². The summed E-state index contributed by atoms with van der Waals surface area (Å²) >= 11 is 0. The van der Waals surface area contributed by atoms with Crippen LogP contribution in [0.4, 0.5) is 0 Å². The molecule has 0 aliphatic heterocycles. The number of nitrogens with one attached hydrogen (secondary N) is 1. The molecule has 0 saturated carbocycles. The van der Waals surface area contributed by atoms with Crippen LogP contribution >= 0.6 is 0 Å². The number of pyridine rings is 1. The molecule has 0 aliphatic carbocycles. The number of carboxylic acid groups (broad SMARTS) is 1. The van der Waals surface area contributed by atoms with E-state index in [-0.39, 0.29) is 17.8 Å². The Hall–Kier alpha value is -1.91. The van der Waals surface area contributed by atoms with Gasteiger partial charge in [-0.2, -0.15) is 0 Å². The first kappa shape index (κ1) is 11.2. The van der Waals surface area contributed by atoms with Crippen molar-refractivity contribution in [1.29, 1.82) is 0 Å². The summed E-state index contributed by atoms with van der Waals surface area (Å²) in [5, 5.41) is 8.69. The van der Waals surface area contributed by atoms with E-state index in [2.05, 4.69) is 4.98 Å². The number of ketones is 1. The largest absolute Gasteiger partial charge is 0.478 e. The molecule has 0 unspecified atom stereocenters. The predicted octanol–water partition coefficient (Wildman–Crippen LogP) is 0.595. The number of aromatic carboxylic acids is 1. The van der Waals surface area contributed by atoms with Crippen LogP contribution in [0.15, 0.2) is 16.9 Å². The van der Waals surface area contributed by atoms with Gasteiger partial charge in [-0.15, -0.1) is 0 Å². The average molecular weight is 209 g/mol. The van der Waals surface area contributed by atoms with Gasteiger partial charge in [0.25, 0.3) is 0 Å². The van der Waals surface area contributed by atoms with Crippen LogP contribution in [0.3, 0.4) is 0 Å². The number of hydrogen-bond acceptors (Lipinski definition) is 3. The zero-order chi connectivity index (χ0) is 11.4. The smallest absolute Gasteiger partial charge is 0.335 e. The highest BCUT2D eigenvalue weighted by molar-refractivity contribution is 5.88. The maximum absolute atomic E-state index is 11.1. The second-order valence-electron chi connectivity index (χ2n) is 3.13. The topological polar surface area (TPSA) is 87.2 Å². The summed E-state index contributed by atoms with van der Waals surface area (Å²) in [7, 11) is 0. The van der Waals surface area contributed by atoms with Gasteiger partial charge in [-0.1, -0.05) is 6.92 Å². The number of carboxylic acids is 1. The van der Waals surface area contributed by atoms with Crippen molar-refractivity contribution in [1.82, 2.24) is 4.98 Å². The van der Waals surface area contributed by atoms with Gasteiger partial charge in [-0.3, -0.25) is 9.59 Å². The Bertz CT molecular complexity index is 447. The van der Waals surface area contributed by atoms with Crippen LogP contribution in [-0.4, -0.2) is 21.8 Å². The lowest BCUT2D eigenvalue weighted by molar-refractivity contribution is -0.118. The number of hydrogen-bond donors (Lipinski definition) is 2. The molecule has 0 bridgehead atoms. The molecule has 0 saturated heterocycles. The van der Waals surface area contributed by atoms with Gasteiger partial charge in [0, 0.05) is 24.6 Å². The monoisotopic (exact) mass is 209 g/mol. The molecule has 1 heterocycles. The zero-order valence-electron chi connectivity index (χ0n) is 8.24. The van der Waals surface area contributed by atoms with Crippen LogP contribution in [-0.2, 0) is 11.2 Å². The predicted molar refractivity (Wildman–Crippen MR) is 53.0 cm³/mol. The van der Waals surface area contributed by atoms with Crippen LogP contribution in [0.2, 0.25) is 0 Å². The number of Topliss-reactive ketones (excluding diaryl/α,β-unsaturated/α-hetero) is 1. The van der Waals surface area contributed by atoms with Gasteiger partial charge >= 0.3 is 5.97 Å². The van der Waals surface area contributed by atoms with E-state index >= 15 is 0 Å². The molecule has 5 heteroatoms. The first-order valence-corrected chi connectivity index (χ1v) is 4.51. The SMILES string of the molecule is CCC(=O)Cc1cc(C(=O)O)cc(=O)[nH]1. The van der Waals surface area contributed by atoms with Crippen LogP contribution < -0.4 is 5.56 Å². The maximum atomic E-state index is 11.1. The number of carbonyl (C=O) groups is 2. The van der Waals surface area contributed by atoms with E-state index in [1.54, 1.807) is 6.92 Å². The molecule has 0 aliphatic rings. The summed E-state index contributed by atoms with van der Waals surface area (Å²) in [6, 6.07) is 2.29. The first-order valence-electron chi connectivity index (χ1n) is 4.51. The third-order valence-corrected chi connectivity index (χ3v) is 1.93. The van der Waals surface area contributed by atoms with E-state index in [4.69, 9.17) is 5.11 Å². The molecule has 1 aromatic rings. The molecule has 0 aromatic carbocycles. The Morgan fingerprint density at radius 2 is 2.07 bits per heavy atom. The number of aromatic amines is 1. The van der Waals surface area contributed by atoms with Crippen molar-refractivity contribution in [3.63, 3.8) is 0 Å². The highest BCUT2D eigenvalue weighted by Gasteiger charge is 2.08.